The van der Waals surface area contributed by atoms with E-state index < -0.39 is 0 Å². The summed E-state index contributed by atoms with van der Waals surface area (Å²) in [4.78, 5) is 0. The Morgan fingerprint density at radius 3 is 2.60 bits per heavy atom. The minimum atomic E-state index is -0.0569. The van der Waals surface area contributed by atoms with Gasteiger partial charge in [0.15, 0.2) is 0 Å². The fraction of sp³-hybridized carbons (Fsp3) is 0.500. The summed E-state index contributed by atoms with van der Waals surface area (Å²) in [7, 11) is 0. The minimum absolute atomic E-state index is 0.0569. The molecule has 1 aliphatic carbocycles. The third-order valence-electron chi connectivity index (χ3n) is 3.26. The number of hydrogen-bond donors (Lipinski definition) is 2. The van der Waals surface area contributed by atoms with E-state index in [0.717, 1.165) is 34.9 Å². The molecule has 0 atom stereocenters. The number of aryl methyl sites for hydroxylation is 1. The lowest BCUT2D eigenvalue weighted by molar-refractivity contribution is 0.459. The maximum absolute atomic E-state index is 9.99. The number of hydrogen-bond acceptors (Lipinski definition) is 2. The quantitative estimate of drug-likeness (QED) is 0.868. The average Bonchev–Trinajstić information content (AvgIpc) is 2.89. The number of nitrogens with two attached hydrogens (primary N) is 1. The standard InChI is InChI=1S/C12H16BrNO/c1-7-5-9(6-12(14)3-4-12)11(15)10(13)8(7)2/h5,15H,3-4,6,14H2,1-2H3. The molecular formula is C12H16BrNO. The highest BCUT2D eigenvalue weighted by molar-refractivity contribution is 9.10. The summed E-state index contributed by atoms with van der Waals surface area (Å²) < 4.78 is 0.807. The third kappa shape index (κ3) is 2.04. The van der Waals surface area contributed by atoms with Gasteiger partial charge in [0, 0.05) is 5.54 Å². The summed E-state index contributed by atoms with van der Waals surface area (Å²) in [6, 6.07) is 2.04. The molecule has 1 aromatic rings. The summed E-state index contributed by atoms with van der Waals surface area (Å²) in [6.07, 6.45) is 2.91. The average molecular weight is 270 g/mol. The Kier molecular flexibility index (Phi) is 2.55. The van der Waals surface area contributed by atoms with Crippen LogP contribution in [0.4, 0.5) is 0 Å². The number of benzene rings is 1. The van der Waals surface area contributed by atoms with E-state index in [1.54, 1.807) is 0 Å². The minimum Gasteiger partial charge on any atom is -0.506 e. The van der Waals surface area contributed by atoms with E-state index in [1.165, 1.54) is 5.56 Å². The second-order valence-corrected chi connectivity index (χ2v) is 5.47. The van der Waals surface area contributed by atoms with Crippen LogP contribution >= 0.6 is 15.9 Å². The number of rotatable bonds is 2. The van der Waals surface area contributed by atoms with Crippen molar-refractivity contribution in [1.29, 1.82) is 0 Å². The van der Waals surface area contributed by atoms with Crippen LogP contribution in [0.5, 0.6) is 5.75 Å². The van der Waals surface area contributed by atoms with E-state index in [0.29, 0.717) is 5.75 Å². The lowest BCUT2D eigenvalue weighted by Gasteiger charge is -2.14. The van der Waals surface area contributed by atoms with Gasteiger partial charge in [0.05, 0.1) is 4.47 Å². The fourth-order valence-electron chi connectivity index (χ4n) is 1.78. The predicted molar refractivity (Wildman–Crippen MR) is 65.1 cm³/mol. The zero-order chi connectivity index (χ0) is 11.2. The molecule has 0 saturated heterocycles. The van der Waals surface area contributed by atoms with Gasteiger partial charge in [-0.25, -0.2) is 0 Å². The first-order chi connectivity index (χ1) is 6.93. The molecule has 15 heavy (non-hydrogen) atoms. The van der Waals surface area contributed by atoms with Crippen molar-refractivity contribution >= 4 is 15.9 Å². The van der Waals surface area contributed by atoms with Crippen LogP contribution in [0, 0.1) is 13.8 Å². The van der Waals surface area contributed by atoms with Crippen LogP contribution in [-0.4, -0.2) is 10.6 Å². The fourth-order valence-corrected chi connectivity index (χ4v) is 2.35. The molecule has 0 aromatic heterocycles. The molecule has 0 unspecified atom stereocenters. The van der Waals surface area contributed by atoms with E-state index in [-0.39, 0.29) is 5.54 Å². The van der Waals surface area contributed by atoms with Crippen LogP contribution in [0.1, 0.15) is 29.5 Å². The summed E-state index contributed by atoms with van der Waals surface area (Å²) in [5.74, 6) is 0.356. The normalized spacial score (nSPS) is 17.9. The Morgan fingerprint density at radius 1 is 1.47 bits per heavy atom. The van der Waals surface area contributed by atoms with E-state index in [4.69, 9.17) is 5.73 Å². The molecule has 3 heteroatoms. The molecule has 82 valence electrons. The zero-order valence-corrected chi connectivity index (χ0v) is 10.7. The number of phenolic OH excluding ortho intramolecular Hbond substituents is 1. The van der Waals surface area contributed by atoms with E-state index in [9.17, 15) is 5.11 Å². The lowest BCUT2D eigenvalue weighted by atomic mass is 9.99. The van der Waals surface area contributed by atoms with Crippen LogP contribution in [-0.2, 0) is 6.42 Å². The summed E-state index contributed by atoms with van der Waals surface area (Å²) in [5.41, 5.74) is 9.25. The van der Waals surface area contributed by atoms with Crippen molar-refractivity contribution in [2.24, 2.45) is 5.73 Å². The van der Waals surface area contributed by atoms with E-state index >= 15 is 0 Å². The van der Waals surface area contributed by atoms with Gasteiger partial charge >= 0.3 is 0 Å². The molecule has 2 rings (SSSR count). The largest absolute Gasteiger partial charge is 0.506 e. The van der Waals surface area contributed by atoms with Gasteiger partial charge in [-0.2, -0.15) is 0 Å². The van der Waals surface area contributed by atoms with Crippen molar-refractivity contribution in [2.45, 2.75) is 38.6 Å². The van der Waals surface area contributed by atoms with Crippen LogP contribution in [0.3, 0.4) is 0 Å². The van der Waals surface area contributed by atoms with Gasteiger partial charge in [0.1, 0.15) is 5.75 Å². The Balaban J connectivity index is 2.39. The summed E-state index contributed by atoms with van der Waals surface area (Å²) in [6.45, 7) is 4.05. The Morgan fingerprint density at radius 2 is 2.07 bits per heavy atom. The van der Waals surface area contributed by atoms with Gasteiger partial charge in [-0.05, 0) is 65.7 Å². The predicted octanol–water partition coefficient (Wildman–Crippen LogP) is 2.81. The van der Waals surface area contributed by atoms with E-state index in [2.05, 4.69) is 22.9 Å². The van der Waals surface area contributed by atoms with E-state index in [1.807, 2.05) is 13.0 Å². The van der Waals surface area contributed by atoms with Gasteiger partial charge in [-0.1, -0.05) is 6.07 Å². The molecule has 0 radical (unpaired) electrons. The smallest absolute Gasteiger partial charge is 0.133 e. The molecule has 0 spiro atoms. The number of halogens is 1. The number of aromatic hydroxyl groups is 1. The van der Waals surface area contributed by atoms with Crippen LogP contribution in [0.2, 0.25) is 0 Å². The SMILES string of the molecule is Cc1cc(CC2(N)CC2)c(O)c(Br)c1C. The van der Waals surface area contributed by atoms with Crippen molar-refractivity contribution in [3.05, 3.63) is 27.2 Å². The molecular weight excluding hydrogens is 254 g/mol. The topological polar surface area (TPSA) is 46.2 Å². The van der Waals surface area contributed by atoms with Crippen LogP contribution in [0.25, 0.3) is 0 Å². The molecule has 1 aliphatic rings. The Bertz CT molecular complexity index is 411. The first kappa shape index (κ1) is 11.0. The molecule has 2 nitrogen and oxygen atoms in total. The highest BCUT2D eigenvalue weighted by atomic mass is 79.9. The molecule has 3 N–H and O–H groups in total. The van der Waals surface area contributed by atoms with Gasteiger partial charge < -0.3 is 10.8 Å². The van der Waals surface area contributed by atoms with Crippen molar-refractivity contribution in [1.82, 2.24) is 0 Å². The monoisotopic (exact) mass is 269 g/mol. The first-order valence-corrected chi connectivity index (χ1v) is 5.99. The van der Waals surface area contributed by atoms with Crippen molar-refractivity contribution in [3.8, 4) is 5.75 Å². The number of phenols is 1. The van der Waals surface area contributed by atoms with Crippen molar-refractivity contribution < 1.29 is 5.11 Å². The summed E-state index contributed by atoms with van der Waals surface area (Å²) in [5, 5.41) is 9.99. The molecule has 1 saturated carbocycles. The zero-order valence-electron chi connectivity index (χ0n) is 9.10. The first-order valence-electron chi connectivity index (χ1n) is 5.19. The molecule has 0 heterocycles. The molecule has 0 bridgehead atoms. The molecule has 0 aliphatic heterocycles. The lowest BCUT2D eigenvalue weighted by Crippen LogP contribution is -2.24. The maximum atomic E-state index is 9.99. The second kappa shape index (κ2) is 3.49. The summed E-state index contributed by atoms with van der Waals surface area (Å²) >= 11 is 3.42. The molecule has 1 fully saturated rings. The third-order valence-corrected chi connectivity index (χ3v) is 4.23. The van der Waals surface area contributed by atoms with Crippen molar-refractivity contribution in [3.63, 3.8) is 0 Å². The highest BCUT2D eigenvalue weighted by Gasteiger charge is 2.38. The second-order valence-electron chi connectivity index (χ2n) is 4.68. The van der Waals surface area contributed by atoms with Gasteiger partial charge in [0.2, 0.25) is 0 Å². The Hall–Kier alpha value is -0.540. The molecule has 0 amide bonds. The van der Waals surface area contributed by atoms with Gasteiger partial charge in [-0.15, -0.1) is 0 Å². The maximum Gasteiger partial charge on any atom is 0.133 e. The van der Waals surface area contributed by atoms with Gasteiger partial charge in [0.25, 0.3) is 0 Å². The van der Waals surface area contributed by atoms with Gasteiger partial charge in [-0.3, -0.25) is 0 Å². The van der Waals surface area contributed by atoms with Crippen molar-refractivity contribution in [2.75, 3.05) is 0 Å². The highest BCUT2D eigenvalue weighted by Crippen LogP contribution is 2.41. The Labute approximate surface area is 98.6 Å². The molecule has 1 aromatic carbocycles. The van der Waals surface area contributed by atoms with Crippen LogP contribution < -0.4 is 5.73 Å². The van der Waals surface area contributed by atoms with Crippen LogP contribution in [0.15, 0.2) is 10.5 Å².